The standard InChI is InChI=1S/C30H26N4O5S3/c1-18-10-12-21(13-11-18)42(37,38)33-20-7-5-6-19(16-20)27(35)32-29-26(28-31-23-8-3-4-9-24(23)40-28)22-14-15-34(30(36)39-2)17-25(22)41-29/h3-13,16,33H,14-15,17H2,1-2H3,(H,32,35). The van der Waals surface area contributed by atoms with Crippen molar-refractivity contribution in [2.45, 2.75) is 24.8 Å². The SMILES string of the molecule is COC(=O)N1CCc2c(sc(NC(=O)c3cccc(NS(=O)(=O)c4ccc(C)cc4)c3)c2-c2nc3ccccc3s2)C1. The minimum atomic E-state index is -3.83. The molecule has 0 spiro atoms. The summed E-state index contributed by atoms with van der Waals surface area (Å²) in [5.41, 5.74) is 4.28. The number of anilines is 2. The van der Waals surface area contributed by atoms with Crippen molar-refractivity contribution in [3.8, 4) is 10.6 Å². The Hall–Kier alpha value is -4.26. The predicted octanol–water partition coefficient (Wildman–Crippen LogP) is 6.51. The number of aryl methyl sites for hydroxylation is 1. The molecule has 0 unspecified atom stereocenters. The Morgan fingerprint density at radius 2 is 1.79 bits per heavy atom. The monoisotopic (exact) mass is 618 g/mol. The molecule has 1 aliphatic heterocycles. The summed E-state index contributed by atoms with van der Waals surface area (Å²) >= 11 is 2.95. The number of thiophene rings is 1. The van der Waals surface area contributed by atoms with Crippen molar-refractivity contribution in [2.75, 3.05) is 23.7 Å². The molecule has 2 aromatic heterocycles. The number of hydrogen-bond acceptors (Lipinski definition) is 8. The molecule has 42 heavy (non-hydrogen) atoms. The molecule has 0 bridgehead atoms. The van der Waals surface area contributed by atoms with Crippen LogP contribution in [0.2, 0.25) is 0 Å². The van der Waals surface area contributed by atoms with Crippen LogP contribution in [0.3, 0.4) is 0 Å². The van der Waals surface area contributed by atoms with Crippen molar-refractivity contribution in [1.82, 2.24) is 9.88 Å². The molecule has 9 nitrogen and oxygen atoms in total. The van der Waals surface area contributed by atoms with E-state index >= 15 is 0 Å². The van der Waals surface area contributed by atoms with Crippen LogP contribution in [0.4, 0.5) is 15.5 Å². The fraction of sp³-hybridized carbons (Fsp3) is 0.167. The van der Waals surface area contributed by atoms with Gasteiger partial charge in [-0.25, -0.2) is 18.2 Å². The third kappa shape index (κ3) is 5.48. The van der Waals surface area contributed by atoms with Gasteiger partial charge in [-0.05, 0) is 61.4 Å². The molecular weight excluding hydrogens is 593 g/mol. The van der Waals surface area contributed by atoms with E-state index in [1.54, 1.807) is 46.6 Å². The minimum absolute atomic E-state index is 0.133. The zero-order chi connectivity index (χ0) is 29.4. The summed E-state index contributed by atoms with van der Waals surface area (Å²) < 4.78 is 34.4. The molecular formula is C30H26N4O5S3. The smallest absolute Gasteiger partial charge is 0.409 e. The van der Waals surface area contributed by atoms with Crippen LogP contribution in [0.15, 0.2) is 77.7 Å². The minimum Gasteiger partial charge on any atom is -0.453 e. The second-order valence-corrected chi connectivity index (χ2v) is 13.6. The molecule has 12 heteroatoms. The van der Waals surface area contributed by atoms with E-state index in [9.17, 15) is 18.0 Å². The largest absolute Gasteiger partial charge is 0.453 e. The average molecular weight is 619 g/mol. The fourth-order valence-corrected chi connectivity index (χ4v) is 8.23. The van der Waals surface area contributed by atoms with Crippen molar-refractivity contribution in [2.24, 2.45) is 0 Å². The van der Waals surface area contributed by atoms with Crippen LogP contribution in [-0.2, 0) is 27.7 Å². The molecule has 0 radical (unpaired) electrons. The molecule has 5 aromatic rings. The number of carbonyl (C=O) groups excluding carboxylic acids is 2. The highest BCUT2D eigenvalue weighted by Gasteiger charge is 2.30. The van der Waals surface area contributed by atoms with Gasteiger partial charge in [-0.2, -0.15) is 0 Å². The topological polar surface area (TPSA) is 118 Å². The lowest BCUT2D eigenvalue weighted by Crippen LogP contribution is -2.35. The first-order valence-corrected chi connectivity index (χ1v) is 16.2. The van der Waals surface area contributed by atoms with Gasteiger partial charge in [0.2, 0.25) is 0 Å². The zero-order valence-corrected chi connectivity index (χ0v) is 25.2. The number of thiazole rings is 1. The van der Waals surface area contributed by atoms with Gasteiger partial charge in [-0.3, -0.25) is 9.52 Å². The maximum Gasteiger partial charge on any atom is 0.409 e. The van der Waals surface area contributed by atoms with E-state index in [1.165, 1.54) is 36.6 Å². The highest BCUT2D eigenvalue weighted by atomic mass is 32.2. The number of nitrogens with zero attached hydrogens (tertiary/aromatic N) is 2. The predicted molar refractivity (Wildman–Crippen MR) is 166 cm³/mol. The number of rotatable bonds is 6. The highest BCUT2D eigenvalue weighted by Crippen LogP contribution is 2.46. The maximum atomic E-state index is 13.5. The summed E-state index contributed by atoms with van der Waals surface area (Å²) in [6.07, 6.45) is 0.198. The molecule has 0 saturated carbocycles. The van der Waals surface area contributed by atoms with Crippen LogP contribution in [0.1, 0.15) is 26.4 Å². The number of amides is 2. The van der Waals surface area contributed by atoms with Crippen molar-refractivity contribution in [3.63, 3.8) is 0 Å². The molecule has 2 N–H and O–H groups in total. The second kappa shape index (κ2) is 11.2. The Morgan fingerprint density at radius 1 is 1.00 bits per heavy atom. The lowest BCUT2D eigenvalue weighted by molar-refractivity contribution is 0.102. The summed E-state index contributed by atoms with van der Waals surface area (Å²) in [7, 11) is -2.47. The fourth-order valence-electron chi connectivity index (χ4n) is 4.81. The van der Waals surface area contributed by atoms with E-state index in [0.29, 0.717) is 24.5 Å². The molecule has 1 aliphatic rings. The maximum absolute atomic E-state index is 13.5. The molecule has 3 aromatic carbocycles. The molecule has 0 saturated heterocycles. The van der Waals surface area contributed by atoms with E-state index in [0.717, 1.165) is 36.8 Å². The number of ether oxygens (including phenoxy) is 1. The summed E-state index contributed by atoms with van der Waals surface area (Å²) in [6, 6.07) is 20.8. The number of fused-ring (bicyclic) bond motifs is 2. The van der Waals surface area contributed by atoms with Crippen LogP contribution >= 0.6 is 22.7 Å². The van der Waals surface area contributed by atoms with Crippen LogP contribution in [0.5, 0.6) is 0 Å². The van der Waals surface area contributed by atoms with Gasteiger partial charge >= 0.3 is 6.09 Å². The summed E-state index contributed by atoms with van der Waals surface area (Å²) in [5, 5.41) is 4.46. The Balaban J connectivity index is 1.32. The molecule has 3 heterocycles. The number of methoxy groups -OCH3 is 1. The van der Waals surface area contributed by atoms with Gasteiger partial charge in [0.25, 0.3) is 15.9 Å². The van der Waals surface area contributed by atoms with Gasteiger partial charge in [-0.15, -0.1) is 22.7 Å². The van der Waals surface area contributed by atoms with Crippen molar-refractivity contribution < 1.29 is 22.7 Å². The third-order valence-corrected chi connectivity index (χ3v) is 10.5. The number of aromatic nitrogens is 1. The normalized spacial score (nSPS) is 13.0. The number of benzene rings is 3. The van der Waals surface area contributed by atoms with Crippen LogP contribution < -0.4 is 10.0 Å². The van der Waals surface area contributed by atoms with Crippen molar-refractivity contribution >= 4 is 65.6 Å². The van der Waals surface area contributed by atoms with Gasteiger partial charge in [-0.1, -0.05) is 35.9 Å². The Bertz CT molecular complexity index is 1900. The van der Waals surface area contributed by atoms with Crippen molar-refractivity contribution in [3.05, 3.63) is 94.4 Å². The van der Waals surface area contributed by atoms with E-state index in [2.05, 4.69) is 10.0 Å². The number of carbonyl (C=O) groups is 2. The number of para-hydroxylation sites is 1. The Morgan fingerprint density at radius 3 is 2.55 bits per heavy atom. The first kappa shape index (κ1) is 27.9. The quantitative estimate of drug-likeness (QED) is 0.224. The van der Waals surface area contributed by atoms with Crippen LogP contribution in [0.25, 0.3) is 20.8 Å². The number of sulfonamides is 1. The first-order valence-electron chi connectivity index (χ1n) is 13.1. The van der Waals surface area contributed by atoms with Crippen LogP contribution in [0, 0.1) is 6.92 Å². The number of nitrogens with one attached hydrogen (secondary N) is 2. The van der Waals surface area contributed by atoms with Gasteiger partial charge in [0.15, 0.2) is 0 Å². The summed E-state index contributed by atoms with van der Waals surface area (Å²) in [5.74, 6) is -0.392. The van der Waals surface area contributed by atoms with Gasteiger partial charge in [0, 0.05) is 28.2 Å². The Kier molecular flexibility index (Phi) is 7.43. The Labute approximate surface area is 250 Å². The molecule has 2 amide bonds. The summed E-state index contributed by atoms with van der Waals surface area (Å²) in [6.45, 7) is 2.74. The molecule has 0 atom stereocenters. The van der Waals surface area contributed by atoms with E-state index in [-0.39, 0.29) is 16.1 Å². The molecule has 214 valence electrons. The van der Waals surface area contributed by atoms with Gasteiger partial charge in [0.1, 0.15) is 10.0 Å². The number of hydrogen-bond donors (Lipinski definition) is 2. The zero-order valence-electron chi connectivity index (χ0n) is 22.7. The molecule has 6 rings (SSSR count). The van der Waals surface area contributed by atoms with Gasteiger partial charge in [0.05, 0.1) is 28.8 Å². The van der Waals surface area contributed by atoms with E-state index < -0.39 is 22.0 Å². The third-order valence-electron chi connectivity index (χ3n) is 6.93. The lowest BCUT2D eigenvalue weighted by Gasteiger charge is -2.25. The summed E-state index contributed by atoms with van der Waals surface area (Å²) in [4.78, 5) is 33.4. The average Bonchev–Trinajstić information content (AvgIpc) is 3.57. The first-order chi connectivity index (χ1) is 20.2. The second-order valence-electron chi connectivity index (χ2n) is 9.79. The molecule has 0 fully saturated rings. The van der Waals surface area contributed by atoms with E-state index in [4.69, 9.17) is 9.72 Å². The molecule has 0 aliphatic carbocycles. The van der Waals surface area contributed by atoms with Gasteiger partial charge < -0.3 is 15.0 Å². The highest BCUT2D eigenvalue weighted by molar-refractivity contribution is 7.92. The lowest BCUT2D eigenvalue weighted by atomic mass is 10.0. The van der Waals surface area contributed by atoms with Crippen molar-refractivity contribution in [1.29, 1.82) is 0 Å². The van der Waals surface area contributed by atoms with E-state index in [1.807, 2.05) is 31.2 Å². The van der Waals surface area contributed by atoms with Crippen LogP contribution in [-0.4, -0.2) is 44.0 Å².